The van der Waals surface area contributed by atoms with Crippen LogP contribution >= 0.6 is 11.8 Å². The fraction of sp³-hybridized carbons (Fsp3) is 0.600. The molecule has 0 amide bonds. The molecule has 0 saturated carbocycles. The van der Waals surface area contributed by atoms with E-state index in [0.717, 1.165) is 5.69 Å². The number of nitrogens with zero attached hydrogens (tertiary/aromatic N) is 2. The largest absolute Gasteiger partial charge is 0.395 e. The predicted molar refractivity (Wildman–Crippen MR) is 68.7 cm³/mol. The Morgan fingerprint density at radius 1 is 1.56 bits per heavy atom. The van der Waals surface area contributed by atoms with E-state index in [2.05, 4.69) is 15.3 Å². The Balaban J connectivity index is 2.72. The van der Waals surface area contributed by atoms with E-state index >= 15 is 0 Å². The van der Waals surface area contributed by atoms with Gasteiger partial charge in [-0.25, -0.2) is 4.98 Å². The summed E-state index contributed by atoms with van der Waals surface area (Å²) in [7, 11) is 0. The number of aromatic nitrogens is 2. The van der Waals surface area contributed by atoms with Crippen LogP contribution in [0.5, 0.6) is 0 Å². The number of hydrogen-bond acceptors (Lipinski definition) is 6. The van der Waals surface area contributed by atoms with Crippen molar-refractivity contribution in [2.75, 3.05) is 23.9 Å². The Kier molecular flexibility index (Phi) is 4.82. The molecule has 0 bridgehead atoms. The zero-order valence-electron chi connectivity index (χ0n) is 9.77. The van der Waals surface area contributed by atoms with Crippen LogP contribution in [0.4, 0.5) is 11.8 Å². The lowest BCUT2D eigenvalue weighted by molar-refractivity contribution is 0.288. The molecule has 0 aliphatic heterocycles. The molecule has 1 rings (SSSR count). The number of aliphatic hydroxyl groups is 1. The summed E-state index contributed by atoms with van der Waals surface area (Å²) >= 11 is 1.62. The first-order valence-electron chi connectivity index (χ1n) is 5.08. The minimum atomic E-state index is 0.119. The van der Waals surface area contributed by atoms with Gasteiger partial charge in [0.05, 0.1) is 6.61 Å². The van der Waals surface area contributed by atoms with Gasteiger partial charge in [-0.1, -0.05) is 0 Å². The summed E-state index contributed by atoms with van der Waals surface area (Å²) < 4.78 is 0. The summed E-state index contributed by atoms with van der Waals surface area (Å²) in [6.07, 6.45) is 1.97. The number of nitrogens with one attached hydrogen (secondary N) is 1. The molecular formula is C10H18N4OS. The maximum absolute atomic E-state index is 9.17. The molecule has 2 unspecified atom stereocenters. The summed E-state index contributed by atoms with van der Waals surface area (Å²) in [5.41, 5.74) is 6.39. The number of aryl methyl sites for hydroxylation is 1. The van der Waals surface area contributed by atoms with Crippen molar-refractivity contribution >= 4 is 23.5 Å². The van der Waals surface area contributed by atoms with E-state index in [0.29, 0.717) is 5.82 Å². The Labute approximate surface area is 99.9 Å². The number of nitrogen functional groups attached to an aromatic ring is 1. The third-order valence-corrected chi connectivity index (χ3v) is 3.45. The third kappa shape index (κ3) is 3.53. The normalized spacial score (nSPS) is 14.5. The van der Waals surface area contributed by atoms with Gasteiger partial charge in [0.1, 0.15) is 5.82 Å². The molecule has 16 heavy (non-hydrogen) atoms. The molecule has 0 spiro atoms. The van der Waals surface area contributed by atoms with Crippen molar-refractivity contribution in [3.8, 4) is 0 Å². The summed E-state index contributed by atoms with van der Waals surface area (Å²) in [6.45, 7) is 4.01. The van der Waals surface area contributed by atoms with Crippen LogP contribution in [0.1, 0.15) is 12.6 Å². The maximum Gasteiger partial charge on any atom is 0.222 e. The van der Waals surface area contributed by atoms with Crippen molar-refractivity contribution < 1.29 is 5.11 Å². The number of hydrogen-bond donors (Lipinski definition) is 3. The van der Waals surface area contributed by atoms with Crippen molar-refractivity contribution in [1.82, 2.24) is 9.97 Å². The molecular weight excluding hydrogens is 224 g/mol. The molecule has 1 heterocycles. The number of nitrogens with two attached hydrogens (primary N) is 1. The second-order valence-electron chi connectivity index (χ2n) is 3.64. The highest BCUT2D eigenvalue weighted by Crippen LogP contribution is 2.15. The van der Waals surface area contributed by atoms with Gasteiger partial charge in [0.25, 0.3) is 0 Å². The number of aliphatic hydroxyl groups excluding tert-OH is 1. The van der Waals surface area contributed by atoms with Crippen molar-refractivity contribution in [2.45, 2.75) is 25.1 Å². The monoisotopic (exact) mass is 242 g/mol. The van der Waals surface area contributed by atoms with E-state index in [1.807, 2.05) is 26.2 Å². The first-order chi connectivity index (χ1) is 7.56. The van der Waals surface area contributed by atoms with E-state index in [1.54, 1.807) is 11.8 Å². The summed E-state index contributed by atoms with van der Waals surface area (Å²) in [5, 5.41) is 12.5. The van der Waals surface area contributed by atoms with Gasteiger partial charge in [0, 0.05) is 23.1 Å². The first kappa shape index (κ1) is 13.1. The van der Waals surface area contributed by atoms with Gasteiger partial charge in [0.15, 0.2) is 0 Å². The van der Waals surface area contributed by atoms with Gasteiger partial charge >= 0.3 is 0 Å². The maximum atomic E-state index is 9.17. The van der Waals surface area contributed by atoms with Crippen LogP contribution in [0.2, 0.25) is 0 Å². The van der Waals surface area contributed by atoms with Crippen LogP contribution in [0.3, 0.4) is 0 Å². The van der Waals surface area contributed by atoms with Crippen molar-refractivity contribution in [3.63, 3.8) is 0 Å². The van der Waals surface area contributed by atoms with Gasteiger partial charge in [-0.15, -0.1) is 0 Å². The minimum absolute atomic E-state index is 0.119. The van der Waals surface area contributed by atoms with Crippen LogP contribution < -0.4 is 11.1 Å². The Morgan fingerprint density at radius 3 is 2.75 bits per heavy atom. The average molecular weight is 242 g/mol. The molecule has 2 atom stereocenters. The Hall–Kier alpha value is -1.01. The van der Waals surface area contributed by atoms with E-state index < -0.39 is 0 Å². The van der Waals surface area contributed by atoms with Crippen LogP contribution in [0.25, 0.3) is 0 Å². The zero-order valence-corrected chi connectivity index (χ0v) is 10.6. The quantitative estimate of drug-likeness (QED) is 0.711. The van der Waals surface area contributed by atoms with Gasteiger partial charge in [-0.3, -0.25) is 0 Å². The van der Waals surface area contributed by atoms with Gasteiger partial charge < -0.3 is 16.2 Å². The SMILES string of the molecule is CSC(CO)C(C)Nc1cc(C)nc(N)n1. The first-order valence-corrected chi connectivity index (χ1v) is 6.37. The molecule has 0 saturated heterocycles. The summed E-state index contributed by atoms with van der Waals surface area (Å²) in [6, 6.07) is 1.95. The molecule has 0 radical (unpaired) electrons. The fourth-order valence-electron chi connectivity index (χ4n) is 1.43. The molecule has 4 N–H and O–H groups in total. The highest BCUT2D eigenvalue weighted by atomic mass is 32.2. The Morgan fingerprint density at radius 2 is 2.25 bits per heavy atom. The summed E-state index contributed by atoms with van der Waals surface area (Å²) in [4.78, 5) is 8.09. The lowest BCUT2D eigenvalue weighted by Crippen LogP contribution is -2.31. The highest BCUT2D eigenvalue weighted by Gasteiger charge is 2.15. The van der Waals surface area contributed by atoms with Gasteiger partial charge in [-0.2, -0.15) is 16.7 Å². The molecule has 1 aromatic rings. The van der Waals surface area contributed by atoms with Crippen LogP contribution in [0.15, 0.2) is 6.07 Å². The molecule has 1 aromatic heterocycles. The van der Waals surface area contributed by atoms with E-state index in [4.69, 9.17) is 10.8 Å². The van der Waals surface area contributed by atoms with E-state index in [-0.39, 0.29) is 23.8 Å². The van der Waals surface area contributed by atoms with Crippen LogP contribution in [-0.2, 0) is 0 Å². The summed E-state index contributed by atoms with van der Waals surface area (Å²) in [5.74, 6) is 0.962. The standard InChI is InChI=1S/C10H18N4OS/c1-6-4-9(14-10(11)12-6)13-7(2)8(5-15)16-3/h4,7-8,15H,5H2,1-3H3,(H3,11,12,13,14). The van der Waals surface area contributed by atoms with E-state index in [9.17, 15) is 0 Å². The van der Waals surface area contributed by atoms with E-state index in [1.165, 1.54) is 0 Å². The second-order valence-corrected chi connectivity index (χ2v) is 4.72. The molecule has 0 aromatic carbocycles. The number of rotatable bonds is 5. The lowest BCUT2D eigenvalue weighted by Gasteiger charge is -2.21. The predicted octanol–water partition coefficient (Wildman–Crippen LogP) is 0.892. The zero-order chi connectivity index (χ0) is 12.1. The second kappa shape index (κ2) is 5.91. The Bertz CT molecular complexity index is 323. The topological polar surface area (TPSA) is 84.1 Å². The number of thioether (sulfide) groups is 1. The smallest absolute Gasteiger partial charge is 0.222 e. The molecule has 0 aliphatic rings. The fourth-order valence-corrected chi connectivity index (χ4v) is 2.05. The average Bonchev–Trinajstić information content (AvgIpc) is 2.17. The van der Waals surface area contributed by atoms with Gasteiger partial charge in [0.2, 0.25) is 5.95 Å². The van der Waals surface area contributed by atoms with Crippen molar-refractivity contribution in [1.29, 1.82) is 0 Å². The minimum Gasteiger partial charge on any atom is -0.395 e. The number of anilines is 2. The molecule has 90 valence electrons. The highest BCUT2D eigenvalue weighted by molar-refractivity contribution is 7.99. The van der Waals surface area contributed by atoms with Crippen LogP contribution in [0, 0.1) is 6.92 Å². The molecule has 0 fully saturated rings. The van der Waals surface area contributed by atoms with Gasteiger partial charge in [-0.05, 0) is 20.1 Å². The van der Waals surface area contributed by atoms with Crippen molar-refractivity contribution in [2.24, 2.45) is 0 Å². The molecule has 0 aliphatic carbocycles. The van der Waals surface area contributed by atoms with Crippen molar-refractivity contribution in [3.05, 3.63) is 11.8 Å². The third-order valence-electron chi connectivity index (χ3n) is 2.29. The lowest BCUT2D eigenvalue weighted by atomic mass is 10.2. The molecule has 5 nitrogen and oxygen atoms in total. The van der Waals surface area contributed by atoms with Crippen LogP contribution in [-0.4, -0.2) is 39.2 Å². The molecule has 6 heteroatoms.